The number of nitro groups is 1. The van der Waals surface area contributed by atoms with Crippen LogP contribution < -0.4 is 4.74 Å². The zero-order valence-electron chi connectivity index (χ0n) is 7.26. The molecule has 74 valence electrons. The third-order valence-electron chi connectivity index (χ3n) is 1.68. The summed E-state index contributed by atoms with van der Waals surface area (Å²) in [5.74, 6) is -0.498. The summed E-state index contributed by atoms with van der Waals surface area (Å²) in [5, 5.41) is 19.7. The second-order valence-corrected chi connectivity index (χ2v) is 2.42. The Morgan fingerprint density at radius 3 is 2.64 bits per heavy atom. The van der Waals surface area contributed by atoms with E-state index in [-0.39, 0.29) is 17.6 Å². The number of rotatable bonds is 3. The first kappa shape index (κ1) is 9.97. The Kier molecular flexibility index (Phi) is 2.66. The van der Waals surface area contributed by atoms with E-state index in [0.717, 1.165) is 6.07 Å². The second kappa shape index (κ2) is 3.73. The van der Waals surface area contributed by atoms with Crippen LogP contribution in [0.3, 0.4) is 0 Å². The molecule has 0 unspecified atom stereocenters. The predicted octanol–water partition coefficient (Wildman–Crippen LogP) is 1.12. The van der Waals surface area contributed by atoms with Crippen molar-refractivity contribution in [3.05, 3.63) is 27.8 Å². The van der Waals surface area contributed by atoms with Gasteiger partial charge in [0, 0.05) is 0 Å². The summed E-state index contributed by atoms with van der Waals surface area (Å²) < 4.78 is 4.74. The summed E-state index contributed by atoms with van der Waals surface area (Å²) in [7, 11) is 1.28. The van der Waals surface area contributed by atoms with E-state index in [1.54, 1.807) is 0 Å². The third kappa shape index (κ3) is 1.49. The highest BCUT2D eigenvalue weighted by molar-refractivity contribution is 5.87. The fraction of sp³-hybridized carbons (Fsp3) is 0.125. The normalized spacial score (nSPS) is 9.50. The third-order valence-corrected chi connectivity index (χ3v) is 1.68. The van der Waals surface area contributed by atoms with Crippen LogP contribution in [0.25, 0.3) is 0 Å². The van der Waals surface area contributed by atoms with E-state index >= 15 is 0 Å². The number of benzene rings is 1. The Balaban J connectivity index is 3.50. The molecule has 1 N–H and O–H groups in total. The van der Waals surface area contributed by atoms with E-state index in [9.17, 15) is 14.9 Å². The number of phenols is 1. The largest absolute Gasteiger partial charge is 0.502 e. The Hall–Kier alpha value is -2.11. The van der Waals surface area contributed by atoms with Crippen molar-refractivity contribution in [2.45, 2.75) is 0 Å². The predicted molar refractivity (Wildman–Crippen MR) is 46.7 cm³/mol. The molecular weight excluding hydrogens is 190 g/mol. The van der Waals surface area contributed by atoms with Gasteiger partial charge in [-0.05, 0) is 12.1 Å². The fourth-order valence-electron chi connectivity index (χ4n) is 1.06. The number of aromatic hydroxyl groups is 1. The van der Waals surface area contributed by atoms with Gasteiger partial charge in [0.05, 0.1) is 12.0 Å². The Bertz CT molecular complexity index is 388. The molecule has 0 fully saturated rings. The molecule has 1 aromatic rings. The topological polar surface area (TPSA) is 89.7 Å². The van der Waals surface area contributed by atoms with Crippen molar-refractivity contribution < 1.29 is 19.6 Å². The van der Waals surface area contributed by atoms with Crippen LogP contribution in [-0.2, 0) is 0 Å². The molecule has 0 saturated carbocycles. The first-order valence-corrected chi connectivity index (χ1v) is 3.61. The van der Waals surface area contributed by atoms with Crippen LogP contribution in [0, 0.1) is 10.1 Å². The quantitative estimate of drug-likeness (QED) is 0.445. The zero-order valence-corrected chi connectivity index (χ0v) is 7.26. The lowest BCUT2D eigenvalue weighted by atomic mass is 10.1. The smallest absolute Gasteiger partial charge is 0.324 e. The van der Waals surface area contributed by atoms with E-state index in [1.165, 1.54) is 13.2 Å². The number of hydrogen-bond acceptors (Lipinski definition) is 5. The van der Waals surface area contributed by atoms with Crippen molar-refractivity contribution >= 4 is 12.0 Å². The lowest BCUT2D eigenvalue weighted by molar-refractivity contribution is -0.386. The zero-order chi connectivity index (χ0) is 10.7. The number of methoxy groups -OCH3 is 1. The number of nitro benzene ring substituents is 1. The molecule has 0 aromatic heterocycles. The van der Waals surface area contributed by atoms with Gasteiger partial charge < -0.3 is 9.84 Å². The van der Waals surface area contributed by atoms with Crippen molar-refractivity contribution in [1.29, 1.82) is 0 Å². The van der Waals surface area contributed by atoms with Crippen LogP contribution in [0.4, 0.5) is 5.69 Å². The van der Waals surface area contributed by atoms with Crippen LogP contribution >= 0.6 is 0 Å². The van der Waals surface area contributed by atoms with Crippen LogP contribution in [0.5, 0.6) is 11.5 Å². The first-order chi connectivity index (χ1) is 6.61. The van der Waals surface area contributed by atoms with Gasteiger partial charge in [-0.2, -0.15) is 0 Å². The number of carbonyl (C=O) groups excluding carboxylic acids is 1. The number of ether oxygens (including phenoxy) is 1. The number of phenolic OH excluding ortho intramolecular Hbond substituents is 1. The summed E-state index contributed by atoms with van der Waals surface area (Å²) in [6.45, 7) is 0. The van der Waals surface area contributed by atoms with E-state index in [2.05, 4.69) is 0 Å². The van der Waals surface area contributed by atoms with Crippen molar-refractivity contribution in [2.24, 2.45) is 0 Å². The summed E-state index contributed by atoms with van der Waals surface area (Å²) in [4.78, 5) is 20.2. The average Bonchev–Trinajstić information content (AvgIpc) is 2.16. The van der Waals surface area contributed by atoms with Crippen LogP contribution in [0.2, 0.25) is 0 Å². The first-order valence-electron chi connectivity index (χ1n) is 3.61. The van der Waals surface area contributed by atoms with Crippen LogP contribution in [-0.4, -0.2) is 23.4 Å². The van der Waals surface area contributed by atoms with E-state index in [1.807, 2.05) is 0 Å². The summed E-state index contributed by atoms with van der Waals surface area (Å²) in [5.41, 5.74) is -0.906. The molecule has 0 atom stereocenters. The van der Waals surface area contributed by atoms with Gasteiger partial charge in [-0.3, -0.25) is 14.9 Å². The van der Waals surface area contributed by atoms with Gasteiger partial charge in [0.15, 0.2) is 12.0 Å². The Morgan fingerprint density at radius 2 is 2.21 bits per heavy atom. The van der Waals surface area contributed by atoms with Gasteiger partial charge >= 0.3 is 5.69 Å². The molecule has 0 saturated heterocycles. The van der Waals surface area contributed by atoms with Gasteiger partial charge in [-0.15, -0.1) is 0 Å². The van der Waals surface area contributed by atoms with Gasteiger partial charge in [-0.1, -0.05) is 0 Å². The molecule has 6 heteroatoms. The molecule has 0 bridgehead atoms. The molecule has 0 aliphatic rings. The van der Waals surface area contributed by atoms with Crippen molar-refractivity contribution in [2.75, 3.05) is 7.11 Å². The van der Waals surface area contributed by atoms with Gasteiger partial charge in [-0.25, -0.2) is 0 Å². The maximum absolute atomic E-state index is 10.6. The highest BCUT2D eigenvalue weighted by atomic mass is 16.6. The lowest BCUT2D eigenvalue weighted by Gasteiger charge is -2.04. The highest BCUT2D eigenvalue weighted by Gasteiger charge is 2.23. The van der Waals surface area contributed by atoms with Gasteiger partial charge in [0.1, 0.15) is 11.3 Å². The Morgan fingerprint density at radius 1 is 1.57 bits per heavy atom. The van der Waals surface area contributed by atoms with Crippen molar-refractivity contribution in [3.8, 4) is 11.5 Å². The molecule has 0 spiro atoms. The molecular formula is C8H7NO5. The number of aldehydes is 1. The van der Waals surface area contributed by atoms with Crippen LogP contribution in [0.15, 0.2) is 12.1 Å². The van der Waals surface area contributed by atoms with Gasteiger partial charge in [0.25, 0.3) is 0 Å². The summed E-state index contributed by atoms with van der Waals surface area (Å²) in [6, 6.07) is 2.38. The standard InChI is InChI=1S/C8H7NO5/c1-14-7-3-2-6(11)8(9(12)13)5(7)4-10/h2-4,11H,1H3. The maximum Gasteiger partial charge on any atom is 0.324 e. The molecule has 0 aliphatic heterocycles. The van der Waals surface area contributed by atoms with Crippen LogP contribution in [0.1, 0.15) is 10.4 Å². The number of nitrogens with zero attached hydrogens (tertiary/aromatic N) is 1. The molecule has 0 heterocycles. The maximum atomic E-state index is 10.6. The molecule has 0 amide bonds. The summed E-state index contributed by atoms with van der Waals surface area (Å²) in [6.07, 6.45) is 0.274. The van der Waals surface area contributed by atoms with Crippen molar-refractivity contribution in [1.82, 2.24) is 0 Å². The van der Waals surface area contributed by atoms with E-state index in [4.69, 9.17) is 9.84 Å². The molecule has 1 aromatic carbocycles. The number of carbonyl (C=O) groups is 1. The minimum atomic E-state index is -0.832. The molecule has 0 radical (unpaired) electrons. The van der Waals surface area contributed by atoms with Gasteiger partial charge in [0.2, 0.25) is 0 Å². The molecule has 6 nitrogen and oxygen atoms in total. The number of hydrogen-bond donors (Lipinski definition) is 1. The summed E-state index contributed by atoms with van der Waals surface area (Å²) >= 11 is 0. The highest BCUT2D eigenvalue weighted by Crippen LogP contribution is 2.34. The molecule has 14 heavy (non-hydrogen) atoms. The molecule has 0 aliphatic carbocycles. The second-order valence-electron chi connectivity index (χ2n) is 2.42. The fourth-order valence-corrected chi connectivity index (χ4v) is 1.06. The monoisotopic (exact) mass is 197 g/mol. The minimum absolute atomic E-state index is 0.0597. The van der Waals surface area contributed by atoms with E-state index in [0.29, 0.717) is 0 Å². The lowest BCUT2D eigenvalue weighted by Crippen LogP contribution is -1.98. The Labute approximate surface area is 78.9 Å². The molecule has 1 rings (SSSR count). The average molecular weight is 197 g/mol. The van der Waals surface area contributed by atoms with Crippen molar-refractivity contribution in [3.63, 3.8) is 0 Å². The van der Waals surface area contributed by atoms with E-state index < -0.39 is 16.4 Å². The minimum Gasteiger partial charge on any atom is -0.502 e. The SMILES string of the molecule is COc1ccc(O)c([N+](=O)[O-])c1C=O.